The summed E-state index contributed by atoms with van der Waals surface area (Å²) in [6.45, 7) is 5.91. The Labute approximate surface area is 188 Å². The minimum absolute atomic E-state index is 0.0748. The maximum Gasteiger partial charge on any atom is 0.145 e. The van der Waals surface area contributed by atoms with Crippen LogP contribution in [0.25, 0.3) is 0 Å². The first-order valence-corrected chi connectivity index (χ1v) is 10.9. The van der Waals surface area contributed by atoms with Gasteiger partial charge in [0, 0.05) is 41.7 Å². The second kappa shape index (κ2) is 11.1. The van der Waals surface area contributed by atoms with Crippen molar-refractivity contribution in [2.75, 3.05) is 19.7 Å². The maximum atomic E-state index is 10.5. The van der Waals surface area contributed by atoms with Gasteiger partial charge in [0.15, 0.2) is 0 Å². The molecule has 0 saturated carbocycles. The molecule has 2 aromatic rings. The molecule has 3 rings (SSSR count). The van der Waals surface area contributed by atoms with E-state index in [1.807, 2.05) is 62.4 Å². The lowest BCUT2D eigenvalue weighted by molar-refractivity contribution is -0.0194. The van der Waals surface area contributed by atoms with Crippen LogP contribution in [-0.2, 0) is 16.1 Å². The lowest BCUT2D eigenvalue weighted by Crippen LogP contribution is -2.39. The normalized spacial score (nSPS) is 17.3. The first kappa shape index (κ1) is 23.0. The van der Waals surface area contributed by atoms with Gasteiger partial charge in [-0.1, -0.05) is 58.7 Å². The Bertz CT molecular complexity index is 860. The molecule has 0 unspecified atom stereocenters. The molecule has 7 heteroatoms. The van der Waals surface area contributed by atoms with Gasteiger partial charge in [-0.25, -0.2) is 0 Å². The van der Waals surface area contributed by atoms with Gasteiger partial charge in [0.25, 0.3) is 0 Å². The van der Waals surface area contributed by atoms with Crippen LogP contribution in [0, 0.1) is 0 Å². The van der Waals surface area contributed by atoms with Gasteiger partial charge in [-0.3, -0.25) is 4.90 Å². The third-order valence-corrected chi connectivity index (χ3v) is 5.33. The van der Waals surface area contributed by atoms with E-state index >= 15 is 0 Å². The average Bonchev–Trinajstić information content (AvgIpc) is 3.15. The molecule has 0 amide bonds. The molecule has 0 bridgehead atoms. The van der Waals surface area contributed by atoms with Crippen LogP contribution in [0.2, 0.25) is 10.0 Å². The molecule has 1 aliphatic rings. The van der Waals surface area contributed by atoms with Crippen molar-refractivity contribution in [2.24, 2.45) is 5.16 Å². The summed E-state index contributed by atoms with van der Waals surface area (Å²) in [7, 11) is 0. The number of nitrogens with zero attached hydrogens (tertiary/aromatic N) is 2. The van der Waals surface area contributed by atoms with Crippen LogP contribution in [0.1, 0.15) is 31.4 Å². The van der Waals surface area contributed by atoms with E-state index in [9.17, 15) is 5.11 Å². The number of hydrogen-bond acceptors (Lipinski definition) is 5. The summed E-state index contributed by atoms with van der Waals surface area (Å²) < 4.78 is 5.57. The van der Waals surface area contributed by atoms with E-state index in [0.29, 0.717) is 36.1 Å². The first-order valence-electron chi connectivity index (χ1n) is 10.1. The SMILES string of the molecule is CC(C)OC[C@@H](O)CN(Cc1cccc(Cl)c1)C[C@@H]1CC(c2ccccc2Cl)=NO1. The van der Waals surface area contributed by atoms with Crippen LogP contribution in [0.3, 0.4) is 0 Å². The summed E-state index contributed by atoms with van der Waals surface area (Å²) in [6.07, 6.45) is 0.0189. The van der Waals surface area contributed by atoms with Crippen LogP contribution in [-0.4, -0.2) is 53.7 Å². The second-order valence-electron chi connectivity index (χ2n) is 7.81. The Morgan fingerprint density at radius 3 is 2.73 bits per heavy atom. The van der Waals surface area contributed by atoms with Crippen LogP contribution in [0.5, 0.6) is 0 Å². The van der Waals surface area contributed by atoms with Gasteiger partial charge in [0.1, 0.15) is 6.10 Å². The number of aliphatic hydroxyl groups excluding tert-OH is 1. The molecule has 2 atom stereocenters. The molecule has 1 aliphatic heterocycles. The van der Waals surface area contributed by atoms with Crippen LogP contribution in [0.15, 0.2) is 53.7 Å². The minimum Gasteiger partial charge on any atom is -0.390 e. The molecule has 0 radical (unpaired) electrons. The topological polar surface area (TPSA) is 54.3 Å². The summed E-state index contributed by atoms with van der Waals surface area (Å²) in [5.74, 6) is 0. The molecule has 0 aliphatic carbocycles. The summed E-state index contributed by atoms with van der Waals surface area (Å²) in [6, 6.07) is 15.4. The molecule has 1 heterocycles. The number of hydrogen-bond donors (Lipinski definition) is 1. The number of benzene rings is 2. The molecular formula is C23H28Cl2N2O3. The predicted octanol–water partition coefficient (Wildman–Crippen LogP) is 4.77. The summed E-state index contributed by atoms with van der Waals surface area (Å²) in [5, 5.41) is 16.1. The molecule has 30 heavy (non-hydrogen) atoms. The molecular weight excluding hydrogens is 423 g/mol. The fraction of sp³-hybridized carbons (Fsp3) is 0.435. The number of ether oxygens (including phenoxy) is 1. The average molecular weight is 451 g/mol. The Morgan fingerprint density at radius 1 is 1.20 bits per heavy atom. The minimum atomic E-state index is -0.600. The van der Waals surface area contributed by atoms with Crippen LogP contribution < -0.4 is 0 Å². The fourth-order valence-electron chi connectivity index (χ4n) is 3.42. The van der Waals surface area contributed by atoms with E-state index in [-0.39, 0.29) is 18.8 Å². The number of oxime groups is 1. The monoisotopic (exact) mass is 450 g/mol. The molecule has 0 fully saturated rings. The van der Waals surface area contributed by atoms with Crippen molar-refractivity contribution in [3.05, 3.63) is 69.7 Å². The van der Waals surface area contributed by atoms with Gasteiger partial charge in [-0.15, -0.1) is 0 Å². The lowest BCUT2D eigenvalue weighted by Gasteiger charge is -2.27. The molecule has 0 saturated heterocycles. The van der Waals surface area contributed by atoms with Crippen molar-refractivity contribution in [1.82, 2.24) is 4.90 Å². The molecule has 162 valence electrons. The van der Waals surface area contributed by atoms with Gasteiger partial charge in [-0.2, -0.15) is 0 Å². The van der Waals surface area contributed by atoms with Crippen molar-refractivity contribution in [3.8, 4) is 0 Å². The Kier molecular flexibility index (Phi) is 8.54. The third-order valence-electron chi connectivity index (χ3n) is 4.77. The molecule has 0 spiro atoms. The largest absolute Gasteiger partial charge is 0.390 e. The molecule has 0 aromatic heterocycles. The van der Waals surface area contributed by atoms with Crippen molar-refractivity contribution in [2.45, 2.75) is 45.1 Å². The predicted molar refractivity (Wildman–Crippen MR) is 121 cm³/mol. The number of rotatable bonds is 10. The van der Waals surface area contributed by atoms with E-state index in [2.05, 4.69) is 10.1 Å². The van der Waals surface area contributed by atoms with Crippen molar-refractivity contribution in [1.29, 1.82) is 0 Å². The summed E-state index contributed by atoms with van der Waals surface area (Å²) in [4.78, 5) is 7.84. The molecule has 2 aromatic carbocycles. The maximum absolute atomic E-state index is 10.5. The van der Waals surface area contributed by atoms with Gasteiger partial charge in [0.2, 0.25) is 0 Å². The van der Waals surface area contributed by atoms with Crippen molar-refractivity contribution >= 4 is 28.9 Å². The van der Waals surface area contributed by atoms with Gasteiger partial charge < -0.3 is 14.7 Å². The van der Waals surface area contributed by atoms with Gasteiger partial charge in [-0.05, 0) is 37.6 Å². The highest BCUT2D eigenvalue weighted by molar-refractivity contribution is 6.34. The second-order valence-corrected chi connectivity index (χ2v) is 8.65. The smallest absolute Gasteiger partial charge is 0.145 e. The third kappa shape index (κ3) is 6.96. The van der Waals surface area contributed by atoms with Gasteiger partial charge >= 0.3 is 0 Å². The van der Waals surface area contributed by atoms with E-state index in [1.54, 1.807) is 0 Å². The standard InChI is InChI=1S/C23H28Cl2N2O3/c1-16(2)29-15-19(28)13-27(12-17-6-5-7-18(24)10-17)14-20-11-23(26-30-20)21-8-3-4-9-22(21)25/h3-10,16,19-20,28H,11-15H2,1-2H3/t19-,20-/m0/s1. The van der Waals surface area contributed by atoms with E-state index < -0.39 is 6.10 Å². The zero-order valence-electron chi connectivity index (χ0n) is 17.3. The molecule has 5 nitrogen and oxygen atoms in total. The molecule has 1 N–H and O–H groups in total. The zero-order chi connectivity index (χ0) is 21.5. The van der Waals surface area contributed by atoms with E-state index in [1.165, 1.54) is 0 Å². The highest BCUT2D eigenvalue weighted by Gasteiger charge is 2.26. The number of aliphatic hydroxyl groups is 1. The Hall–Kier alpha value is -1.63. The van der Waals surface area contributed by atoms with Gasteiger partial charge in [0.05, 0.1) is 24.5 Å². The summed E-state index contributed by atoms with van der Waals surface area (Å²) >= 11 is 12.4. The fourth-order valence-corrected chi connectivity index (χ4v) is 3.88. The van der Waals surface area contributed by atoms with Crippen LogP contribution >= 0.6 is 23.2 Å². The highest BCUT2D eigenvalue weighted by atomic mass is 35.5. The quantitative estimate of drug-likeness (QED) is 0.565. The van der Waals surface area contributed by atoms with E-state index in [4.69, 9.17) is 32.8 Å². The number of halogens is 2. The summed E-state index contributed by atoms with van der Waals surface area (Å²) in [5.41, 5.74) is 2.81. The lowest BCUT2D eigenvalue weighted by atomic mass is 10.0. The Morgan fingerprint density at radius 2 is 2.00 bits per heavy atom. The highest BCUT2D eigenvalue weighted by Crippen LogP contribution is 2.24. The zero-order valence-corrected chi connectivity index (χ0v) is 18.8. The first-order chi connectivity index (χ1) is 14.4. The van der Waals surface area contributed by atoms with E-state index in [0.717, 1.165) is 16.8 Å². The van der Waals surface area contributed by atoms with Crippen molar-refractivity contribution < 1.29 is 14.7 Å². The Balaban J connectivity index is 1.64. The van der Waals surface area contributed by atoms with Crippen LogP contribution in [0.4, 0.5) is 0 Å². The van der Waals surface area contributed by atoms with Crippen molar-refractivity contribution in [3.63, 3.8) is 0 Å².